The van der Waals surface area contributed by atoms with Crippen molar-refractivity contribution in [3.63, 3.8) is 0 Å². The van der Waals surface area contributed by atoms with Gasteiger partial charge in [0.15, 0.2) is 0 Å². The Morgan fingerprint density at radius 1 is 1.08 bits per heavy atom. The van der Waals surface area contributed by atoms with E-state index in [9.17, 15) is 19.8 Å². The summed E-state index contributed by atoms with van der Waals surface area (Å²) in [6, 6.07) is 6.68. The van der Waals surface area contributed by atoms with E-state index in [1.165, 1.54) is 0 Å². The number of rotatable bonds is 8. The van der Waals surface area contributed by atoms with Gasteiger partial charge in [-0.2, -0.15) is 0 Å². The van der Waals surface area contributed by atoms with Gasteiger partial charge < -0.3 is 30.3 Å². The number of hydrogen-bond donors (Lipinski definition) is 1. The second kappa shape index (κ2) is 12.9. The van der Waals surface area contributed by atoms with E-state index in [1.807, 2.05) is 0 Å². The average Bonchev–Trinajstić information content (AvgIpc) is 2.44. The fourth-order valence-electron chi connectivity index (χ4n) is 2.07. The summed E-state index contributed by atoms with van der Waals surface area (Å²) >= 11 is 0. The van der Waals surface area contributed by atoms with Gasteiger partial charge in [-0.15, -0.1) is 0 Å². The summed E-state index contributed by atoms with van der Waals surface area (Å²) in [5.41, 5.74) is 5.45. The molecule has 0 amide bonds. The predicted molar refractivity (Wildman–Crippen MR) is 76.6 cm³/mol. The van der Waals surface area contributed by atoms with Crippen molar-refractivity contribution in [1.29, 1.82) is 0 Å². The van der Waals surface area contributed by atoms with Crippen LogP contribution in [0.2, 0.25) is 0 Å². The van der Waals surface area contributed by atoms with Gasteiger partial charge in [0.2, 0.25) is 0 Å². The number of ether oxygens (including phenoxy) is 1. The van der Waals surface area contributed by atoms with E-state index >= 15 is 0 Å². The quantitative estimate of drug-likeness (QED) is 0.368. The van der Waals surface area contributed by atoms with Gasteiger partial charge in [0.1, 0.15) is 12.4 Å². The standard InChI is InChI=1S/C16H21NO5.2Na/c1-10(2)14(16(20)21)13(15(18)19)9-11-3-5-12(6-4-11)22-8-7-17;;/h3-6,10H,7-9,17H2,1-2H3,(H,18,19)(H,20,21);;/q;2*+1/p-2. The van der Waals surface area contributed by atoms with Crippen LogP contribution in [0, 0.1) is 5.92 Å². The number of benzene rings is 1. The number of carbonyl (C=O) groups is 2. The molecule has 0 saturated heterocycles. The van der Waals surface area contributed by atoms with Gasteiger partial charge in [0, 0.05) is 6.54 Å². The van der Waals surface area contributed by atoms with Crippen molar-refractivity contribution in [2.45, 2.75) is 20.3 Å². The average molecular weight is 351 g/mol. The van der Waals surface area contributed by atoms with Crippen LogP contribution in [0.25, 0.3) is 0 Å². The number of carboxylic acids is 2. The molecule has 0 saturated carbocycles. The molecule has 120 valence electrons. The van der Waals surface area contributed by atoms with Crippen LogP contribution >= 0.6 is 0 Å². The van der Waals surface area contributed by atoms with Crippen LogP contribution in [-0.4, -0.2) is 25.1 Å². The molecule has 0 aromatic heterocycles. The summed E-state index contributed by atoms with van der Waals surface area (Å²) in [7, 11) is 0. The minimum atomic E-state index is -1.50. The van der Waals surface area contributed by atoms with Crippen molar-refractivity contribution in [3.05, 3.63) is 41.0 Å². The maximum absolute atomic E-state index is 11.3. The molecule has 0 heterocycles. The molecule has 0 bridgehead atoms. The molecule has 0 spiro atoms. The second-order valence-electron chi connectivity index (χ2n) is 5.08. The molecular formula is C16H19NNa2O5. The first-order valence-corrected chi connectivity index (χ1v) is 6.94. The monoisotopic (exact) mass is 351 g/mol. The molecule has 0 unspecified atom stereocenters. The molecule has 0 aliphatic rings. The van der Waals surface area contributed by atoms with Crippen LogP contribution in [-0.2, 0) is 16.0 Å². The van der Waals surface area contributed by atoms with Crippen LogP contribution < -0.4 is 79.8 Å². The van der Waals surface area contributed by atoms with Gasteiger partial charge in [-0.1, -0.05) is 26.0 Å². The van der Waals surface area contributed by atoms with E-state index in [4.69, 9.17) is 10.5 Å². The number of hydrogen-bond acceptors (Lipinski definition) is 6. The zero-order valence-corrected chi connectivity index (χ0v) is 18.6. The largest absolute Gasteiger partial charge is 1.00 e. The van der Waals surface area contributed by atoms with Crippen molar-refractivity contribution < 1.29 is 83.7 Å². The molecule has 1 rings (SSSR count). The van der Waals surface area contributed by atoms with E-state index in [-0.39, 0.29) is 76.7 Å². The normalized spacial score (nSPS) is 11.0. The van der Waals surface area contributed by atoms with Gasteiger partial charge in [-0.3, -0.25) is 0 Å². The van der Waals surface area contributed by atoms with Crippen molar-refractivity contribution in [2.75, 3.05) is 13.2 Å². The Morgan fingerprint density at radius 2 is 1.62 bits per heavy atom. The summed E-state index contributed by atoms with van der Waals surface area (Å²) in [4.78, 5) is 22.4. The van der Waals surface area contributed by atoms with Crippen molar-refractivity contribution >= 4 is 11.9 Å². The van der Waals surface area contributed by atoms with E-state index in [1.54, 1.807) is 38.1 Å². The first-order valence-electron chi connectivity index (χ1n) is 6.94. The van der Waals surface area contributed by atoms with Crippen LogP contribution in [0.4, 0.5) is 0 Å². The maximum atomic E-state index is 11.3. The molecule has 0 atom stereocenters. The fraction of sp³-hybridized carbons (Fsp3) is 0.375. The Balaban J connectivity index is 0. The molecular weight excluding hydrogens is 332 g/mol. The van der Waals surface area contributed by atoms with Gasteiger partial charge in [0.25, 0.3) is 0 Å². The molecule has 8 heteroatoms. The van der Waals surface area contributed by atoms with E-state index in [2.05, 4.69) is 0 Å². The first-order chi connectivity index (χ1) is 10.4. The van der Waals surface area contributed by atoms with Crippen LogP contribution in [0.15, 0.2) is 35.4 Å². The Hall–Kier alpha value is -0.340. The third kappa shape index (κ3) is 8.16. The van der Waals surface area contributed by atoms with Crippen LogP contribution in [0.3, 0.4) is 0 Å². The minimum Gasteiger partial charge on any atom is -0.545 e. The molecule has 1 aromatic rings. The molecule has 0 fully saturated rings. The number of carboxylic acid groups (broad SMARTS) is 2. The zero-order valence-electron chi connectivity index (χ0n) is 14.6. The van der Waals surface area contributed by atoms with E-state index < -0.39 is 17.9 Å². The molecule has 2 N–H and O–H groups in total. The summed E-state index contributed by atoms with van der Waals surface area (Å²) in [5, 5.41) is 22.4. The fourth-order valence-corrected chi connectivity index (χ4v) is 2.07. The number of aliphatic carboxylic acids is 2. The smallest absolute Gasteiger partial charge is 0.545 e. The Kier molecular flexibility index (Phi) is 14.0. The maximum Gasteiger partial charge on any atom is 1.00 e. The SMILES string of the molecule is CC(C)C(C(=O)[O-])=C(Cc1ccc(OCCN)cc1)C(=O)[O-].[Na+].[Na+]. The first kappa shape index (κ1) is 25.9. The molecule has 0 aliphatic heterocycles. The summed E-state index contributed by atoms with van der Waals surface area (Å²) in [5.74, 6) is -2.87. The van der Waals surface area contributed by atoms with Gasteiger partial charge in [0.05, 0.1) is 11.9 Å². The molecule has 0 radical (unpaired) electrons. The number of nitrogens with two attached hydrogens (primary N) is 1. The zero-order chi connectivity index (χ0) is 16.7. The van der Waals surface area contributed by atoms with E-state index in [0.717, 1.165) is 0 Å². The van der Waals surface area contributed by atoms with Crippen molar-refractivity contribution in [2.24, 2.45) is 11.7 Å². The number of carbonyl (C=O) groups excluding carboxylic acids is 2. The topological polar surface area (TPSA) is 116 Å². The summed E-state index contributed by atoms with van der Waals surface area (Å²) in [6.45, 7) is 3.96. The third-order valence-electron chi connectivity index (χ3n) is 3.06. The summed E-state index contributed by atoms with van der Waals surface area (Å²) < 4.78 is 5.32. The van der Waals surface area contributed by atoms with Gasteiger partial charge in [-0.05, 0) is 41.2 Å². The minimum absolute atomic E-state index is 0. The van der Waals surface area contributed by atoms with Crippen molar-refractivity contribution in [1.82, 2.24) is 0 Å². The van der Waals surface area contributed by atoms with Crippen molar-refractivity contribution in [3.8, 4) is 5.75 Å². The molecule has 24 heavy (non-hydrogen) atoms. The van der Waals surface area contributed by atoms with Gasteiger partial charge >= 0.3 is 59.1 Å². The van der Waals surface area contributed by atoms with E-state index in [0.29, 0.717) is 24.5 Å². The Bertz CT molecular complexity index is 570. The molecule has 1 aromatic carbocycles. The third-order valence-corrected chi connectivity index (χ3v) is 3.06. The Labute approximate surface area is 186 Å². The predicted octanol–water partition coefficient (Wildman–Crippen LogP) is -6.97. The second-order valence-corrected chi connectivity index (χ2v) is 5.08. The van der Waals surface area contributed by atoms with Gasteiger partial charge in [-0.25, -0.2) is 0 Å². The molecule has 6 nitrogen and oxygen atoms in total. The van der Waals surface area contributed by atoms with Crippen LogP contribution in [0.5, 0.6) is 5.75 Å². The van der Waals surface area contributed by atoms with Crippen LogP contribution in [0.1, 0.15) is 19.4 Å². The summed E-state index contributed by atoms with van der Waals surface area (Å²) in [6.07, 6.45) is -0.0546. The Morgan fingerprint density at radius 3 is 2.00 bits per heavy atom. The molecule has 0 aliphatic carbocycles.